The monoisotopic (exact) mass is 401 g/mol. The molecule has 3 aromatic carbocycles. The van der Waals surface area contributed by atoms with Crippen molar-refractivity contribution in [2.45, 2.75) is 19.6 Å². The zero-order valence-corrected chi connectivity index (χ0v) is 16.8. The van der Waals surface area contributed by atoms with E-state index in [1.807, 2.05) is 89.8 Å². The van der Waals surface area contributed by atoms with Gasteiger partial charge in [0.2, 0.25) is 0 Å². The molecule has 4 aromatic rings. The number of nitrogens with zero attached hydrogens (tertiary/aromatic N) is 3. The van der Waals surface area contributed by atoms with Crippen LogP contribution >= 0.6 is 0 Å². The molecule has 30 heavy (non-hydrogen) atoms. The molecule has 0 unspecified atom stereocenters. The van der Waals surface area contributed by atoms with Crippen molar-refractivity contribution >= 4 is 6.01 Å². The molecule has 0 spiro atoms. The standard InChI is InChI=1S/C24H23N3O3/c1-29-22-14-12-21(13-15-22)17-26(16-19-8-4-2-5-9-19)23-25-27(24(28)30-23)18-20-10-6-3-7-11-20/h2-15H,16-18H2,1H3. The Balaban J connectivity index is 1.61. The Kier molecular flexibility index (Phi) is 5.94. The predicted molar refractivity (Wildman–Crippen MR) is 116 cm³/mol. The van der Waals surface area contributed by atoms with Gasteiger partial charge in [-0.3, -0.25) is 0 Å². The van der Waals surface area contributed by atoms with Crippen molar-refractivity contribution in [3.8, 4) is 5.75 Å². The summed E-state index contributed by atoms with van der Waals surface area (Å²) in [7, 11) is 1.64. The molecule has 0 aliphatic carbocycles. The third kappa shape index (κ3) is 4.78. The predicted octanol–water partition coefficient (Wildman–Crippen LogP) is 4.10. The molecule has 0 saturated carbocycles. The largest absolute Gasteiger partial charge is 0.497 e. The van der Waals surface area contributed by atoms with Crippen LogP contribution in [0.5, 0.6) is 5.75 Å². The normalized spacial score (nSPS) is 10.7. The Bertz CT molecular complexity index is 1120. The lowest BCUT2D eigenvalue weighted by molar-refractivity contribution is 0.414. The molecule has 0 fully saturated rings. The Morgan fingerprint density at radius 1 is 0.833 bits per heavy atom. The number of anilines is 1. The average Bonchev–Trinajstić information content (AvgIpc) is 3.15. The van der Waals surface area contributed by atoms with Crippen molar-refractivity contribution in [1.29, 1.82) is 0 Å². The second-order valence-electron chi connectivity index (χ2n) is 6.98. The molecule has 6 heteroatoms. The Morgan fingerprint density at radius 3 is 2.00 bits per heavy atom. The SMILES string of the molecule is COc1ccc(CN(Cc2ccccc2)c2nn(Cc3ccccc3)c(=O)o2)cc1. The molecule has 0 saturated heterocycles. The van der Waals surface area contributed by atoms with Crippen LogP contribution in [0.4, 0.5) is 6.01 Å². The second-order valence-corrected chi connectivity index (χ2v) is 6.98. The van der Waals surface area contributed by atoms with Crippen LogP contribution < -0.4 is 15.4 Å². The van der Waals surface area contributed by atoms with E-state index in [1.54, 1.807) is 7.11 Å². The summed E-state index contributed by atoms with van der Waals surface area (Å²) in [6, 6.07) is 27.9. The lowest BCUT2D eigenvalue weighted by atomic mass is 10.1. The van der Waals surface area contributed by atoms with Gasteiger partial charge in [-0.2, -0.15) is 4.68 Å². The lowest BCUT2D eigenvalue weighted by Crippen LogP contribution is -2.23. The van der Waals surface area contributed by atoms with Gasteiger partial charge in [0.1, 0.15) is 5.75 Å². The highest BCUT2D eigenvalue weighted by atomic mass is 16.5. The van der Waals surface area contributed by atoms with Gasteiger partial charge in [0.05, 0.1) is 13.7 Å². The number of rotatable bonds is 8. The first-order valence-electron chi connectivity index (χ1n) is 9.75. The number of methoxy groups -OCH3 is 1. The molecule has 0 aliphatic heterocycles. The molecule has 0 radical (unpaired) electrons. The fraction of sp³-hybridized carbons (Fsp3) is 0.167. The molecule has 4 rings (SSSR count). The van der Waals surface area contributed by atoms with Crippen molar-refractivity contribution in [3.63, 3.8) is 0 Å². The molecule has 0 amide bonds. The van der Waals surface area contributed by atoms with Gasteiger partial charge < -0.3 is 14.1 Å². The van der Waals surface area contributed by atoms with Gasteiger partial charge in [0, 0.05) is 13.1 Å². The van der Waals surface area contributed by atoms with Crippen LogP contribution in [0.15, 0.2) is 94.1 Å². The lowest BCUT2D eigenvalue weighted by Gasteiger charge is -2.20. The van der Waals surface area contributed by atoms with Crippen molar-refractivity contribution in [1.82, 2.24) is 9.78 Å². The minimum absolute atomic E-state index is 0.301. The Morgan fingerprint density at radius 2 is 1.40 bits per heavy atom. The molecule has 6 nitrogen and oxygen atoms in total. The second kappa shape index (κ2) is 9.13. The van der Waals surface area contributed by atoms with Crippen LogP contribution in [0, 0.1) is 0 Å². The summed E-state index contributed by atoms with van der Waals surface area (Å²) in [6.45, 7) is 1.48. The van der Waals surface area contributed by atoms with Crippen LogP contribution in [0.3, 0.4) is 0 Å². The van der Waals surface area contributed by atoms with Crippen molar-refractivity contribution in [3.05, 3.63) is 112 Å². The summed E-state index contributed by atoms with van der Waals surface area (Å²) in [4.78, 5) is 14.4. The molecular formula is C24H23N3O3. The van der Waals surface area contributed by atoms with Crippen LogP contribution in [0.1, 0.15) is 16.7 Å². The van der Waals surface area contributed by atoms with Crippen molar-refractivity contribution < 1.29 is 9.15 Å². The summed E-state index contributed by atoms with van der Waals surface area (Å²) in [5, 5.41) is 4.47. The molecule has 0 bridgehead atoms. The van der Waals surface area contributed by atoms with E-state index < -0.39 is 5.76 Å². The number of benzene rings is 3. The smallest absolute Gasteiger partial charge is 0.438 e. The minimum atomic E-state index is -0.471. The highest BCUT2D eigenvalue weighted by molar-refractivity contribution is 5.34. The fourth-order valence-electron chi connectivity index (χ4n) is 3.23. The van der Waals surface area contributed by atoms with Gasteiger partial charge >= 0.3 is 11.8 Å². The first-order valence-corrected chi connectivity index (χ1v) is 9.75. The summed E-state index contributed by atoms with van der Waals surface area (Å²) >= 11 is 0. The van der Waals surface area contributed by atoms with Crippen molar-refractivity contribution in [2.75, 3.05) is 12.0 Å². The topological polar surface area (TPSA) is 60.5 Å². The maximum absolute atomic E-state index is 12.4. The summed E-state index contributed by atoms with van der Waals surface area (Å²) in [5.74, 6) is 0.327. The maximum Gasteiger partial charge on any atom is 0.438 e. The van der Waals surface area contributed by atoms with E-state index in [0.717, 1.165) is 22.4 Å². The fourth-order valence-corrected chi connectivity index (χ4v) is 3.23. The molecule has 1 heterocycles. The molecule has 152 valence electrons. The maximum atomic E-state index is 12.4. The van der Waals surface area contributed by atoms with E-state index in [0.29, 0.717) is 25.6 Å². The summed E-state index contributed by atoms with van der Waals surface area (Å²) in [6.07, 6.45) is 0. The summed E-state index contributed by atoms with van der Waals surface area (Å²) < 4.78 is 12.1. The van der Waals surface area contributed by atoms with E-state index in [4.69, 9.17) is 9.15 Å². The van der Waals surface area contributed by atoms with Gasteiger partial charge in [-0.25, -0.2) is 4.79 Å². The van der Waals surface area contributed by atoms with Crippen LogP contribution in [0.2, 0.25) is 0 Å². The van der Waals surface area contributed by atoms with Gasteiger partial charge in [-0.1, -0.05) is 72.8 Å². The summed E-state index contributed by atoms with van der Waals surface area (Å²) in [5.41, 5.74) is 3.16. The first kappa shape index (κ1) is 19.5. The zero-order valence-electron chi connectivity index (χ0n) is 16.8. The average molecular weight is 401 g/mol. The van der Waals surface area contributed by atoms with Gasteiger partial charge in [-0.15, -0.1) is 5.10 Å². The van der Waals surface area contributed by atoms with Gasteiger partial charge in [0.25, 0.3) is 0 Å². The van der Waals surface area contributed by atoms with Crippen LogP contribution in [-0.4, -0.2) is 16.9 Å². The van der Waals surface area contributed by atoms with Crippen LogP contribution in [-0.2, 0) is 19.6 Å². The van der Waals surface area contributed by atoms with Gasteiger partial charge in [-0.05, 0) is 28.8 Å². The van der Waals surface area contributed by atoms with E-state index in [1.165, 1.54) is 4.68 Å². The van der Waals surface area contributed by atoms with Crippen LogP contribution in [0.25, 0.3) is 0 Å². The number of hydrogen-bond donors (Lipinski definition) is 0. The third-order valence-corrected chi connectivity index (χ3v) is 4.79. The Labute approximate surface area is 175 Å². The van der Waals surface area contributed by atoms with E-state index >= 15 is 0 Å². The van der Waals surface area contributed by atoms with Crippen molar-refractivity contribution in [2.24, 2.45) is 0 Å². The Hall–Kier alpha value is -3.80. The van der Waals surface area contributed by atoms with E-state index in [2.05, 4.69) is 5.10 Å². The highest BCUT2D eigenvalue weighted by Crippen LogP contribution is 2.19. The molecule has 0 atom stereocenters. The quantitative estimate of drug-likeness (QED) is 0.445. The highest BCUT2D eigenvalue weighted by Gasteiger charge is 2.17. The molecule has 0 aliphatic rings. The van der Waals surface area contributed by atoms with E-state index in [9.17, 15) is 4.79 Å². The third-order valence-electron chi connectivity index (χ3n) is 4.79. The zero-order chi connectivity index (χ0) is 20.8. The molecular weight excluding hydrogens is 378 g/mol. The number of ether oxygens (including phenoxy) is 1. The van der Waals surface area contributed by atoms with Gasteiger partial charge in [0.15, 0.2) is 0 Å². The molecule has 0 N–H and O–H groups in total. The number of hydrogen-bond acceptors (Lipinski definition) is 5. The minimum Gasteiger partial charge on any atom is -0.497 e. The molecule has 1 aromatic heterocycles. The van der Waals surface area contributed by atoms with E-state index in [-0.39, 0.29) is 0 Å². The first-order chi connectivity index (χ1) is 14.7. The number of aromatic nitrogens is 2.